The second-order valence-corrected chi connectivity index (χ2v) is 3.51. The van der Waals surface area contributed by atoms with Crippen LogP contribution in [0.4, 0.5) is 5.69 Å². The van der Waals surface area contributed by atoms with Gasteiger partial charge in [0.05, 0.1) is 17.6 Å². The number of hydrogen-bond acceptors (Lipinski definition) is 5. The minimum absolute atomic E-state index is 0.107. The first kappa shape index (κ1) is 13.1. The fourth-order valence-corrected chi connectivity index (χ4v) is 1.23. The molecule has 1 aromatic heterocycles. The van der Waals surface area contributed by atoms with Crippen molar-refractivity contribution in [1.82, 2.24) is 15.1 Å². The number of aliphatic hydroxyl groups excluding tert-OH is 1. The molecule has 1 unspecified atom stereocenters. The first-order valence-corrected chi connectivity index (χ1v) is 5.13. The topological polar surface area (TPSA) is 110 Å². The van der Waals surface area contributed by atoms with E-state index in [1.807, 2.05) is 6.92 Å². The molecule has 1 rings (SSSR count). The Labute approximate surface area is 97.4 Å². The summed E-state index contributed by atoms with van der Waals surface area (Å²) in [7, 11) is 0. The third-order valence-corrected chi connectivity index (χ3v) is 2.21. The quantitative estimate of drug-likeness (QED) is 0.524. The molecule has 0 aromatic carbocycles. The molecule has 17 heavy (non-hydrogen) atoms. The van der Waals surface area contributed by atoms with Crippen LogP contribution in [0.3, 0.4) is 0 Å². The van der Waals surface area contributed by atoms with Crippen LogP contribution in [0.5, 0.6) is 0 Å². The zero-order valence-electron chi connectivity index (χ0n) is 9.37. The second-order valence-electron chi connectivity index (χ2n) is 3.51. The fraction of sp³-hybridized carbons (Fsp3) is 0.556. The first-order valence-electron chi connectivity index (χ1n) is 5.13. The number of nitrogens with one attached hydrogen (secondary N) is 1. The van der Waals surface area contributed by atoms with Gasteiger partial charge in [0.2, 0.25) is 5.91 Å². The Morgan fingerprint density at radius 1 is 1.76 bits per heavy atom. The molecular formula is C9H14N4O4. The summed E-state index contributed by atoms with van der Waals surface area (Å²) < 4.78 is 1.18. The van der Waals surface area contributed by atoms with Crippen molar-refractivity contribution in [1.29, 1.82) is 0 Å². The third-order valence-electron chi connectivity index (χ3n) is 2.21. The van der Waals surface area contributed by atoms with Crippen LogP contribution < -0.4 is 5.32 Å². The number of nitrogens with zero attached hydrogens (tertiary/aromatic N) is 3. The van der Waals surface area contributed by atoms with Crippen LogP contribution in [0.2, 0.25) is 0 Å². The summed E-state index contributed by atoms with van der Waals surface area (Å²) >= 11 is 0. The highest BCUT2D eigenvalue weighted by Crippen LogP contribution is 2.07. The molecule has 1 amide bonds. The molecule has 0 radical (unpaired) electrons. The standard InChI is InChI=1S/C9H14N4O4/c1-2-7(6-14)11-9(15)5-12-4-8(3-10-12)13(16)17/h3-4,7,14H,2,5-6H2,1H3,(H,11,15). The van der Waals surface area contributed by atoms with E-state index in [-0.39, 0.29) is 30.8 Å². The minimum Gasteiger partial charge on any atom is -0.394 e. The number of nitro groups is 1. The molecule has 2 N–H and O–H groups in total. The average molecular weight is 242 g/mol. The molecule has 0 saturated heterocycles. The molecule has 0 aliphatic heterocycles. The van der Waals surface area contributed by atoms with E-state index in [9.17, 15) is 14.9 Å². The number of carbonyl (C=O) groups excluding carboxylic acids is 1. The van der Waals surface area contributed by atoms with Crippen LogP contribution in [0, 0.1) is 10.1 Å². The fourth-order valence-electron chi connectivity index (χ4n) is 1.23. The maximum atomic E-state index is 11.5. The van der Waals surface area contributed by atoms with Crippen LogP contribution in [0.15, 0.2) is 12.4 Å². The lowest BCUT2D eigenvalue weighted by Crippen LogP contribution is -2.38. The van der Waals surface area contributed by atoms with Crippen LogP contribution in [-0.4, -0.2) is 38.4 Å². The smallest absolute Gasteiger partial charge is 0.307 e. The van der Waals surface area contributed by atoms with Crippen molar-refractivity contribution >= 4 is 11.6 Å². The Morgan fingerprint density at radius 2 is 2.47 bits per heavy atom. The number of aromatic nitrogens is 2. The van der Waals surface area contributed by atoms with Crippen LogP contribution in [-0.2, 0) is 11.3 Å². The Hall–Kier alpha value is -1.96. The molecule has 0 aliphatic rings. The molecule has 0 aliphatic carbocycles. The monoisotopic (exact) mass is 242 g/mol. The Bertz CT molecular complexity index is 399. The molecule has 0 spiro atoms. The Balaban J connectivity index is 2.52. The normalized spacial score (nSPS) is 12.1. The van der Waals surface area contributed by atoms with Crippen molar-refractivity contribution in [2.24, 2.45) is 0 Å². The Morgan fingerprint density at radius 3 is 2.94 bits per heavy atom. The van der Waals surface area contributed by atoms with Gasteiger partial charge in [-0.25, -0.2) is 0 Å². The lowest BCUT2D eigenvalue weighted by Gasteiger charge is -2.13. The molecule has 1 atom stereocenters. The zero-order chi connectivity index (χ0) is 12.8. The van der Waals surface area contributed by atoms with Crippen molar-refractivity contribution in [3.8, 4) is 0 Å². The molecule has 0 bridgehead atoms. The number of hydrogen-bond donors (Lipinski definition) is 2. The van der Waals surface area contributed by atoms with Gasteiger partial charge in [-0.15, -0.1) is 0 Å². The third kappa shape index (κ3) is 3.83. The molecule has 0 saturated carbocycles. The number of rotatable bonds is 6. The van der Waals surface area contributed by atoms with Gasteiger partial charge in [-0.05, 0) is 6.42 Å². The summed E-state index contributed by atoms with van der Waals surface area (Å²) in [5.74, 6) is -0.344. The van der Waals surface area contributed by atoms with Gasteiger partial charge in [-0.2, -0.15) is 5.10 Å². The van der Waals surface area contributed by atoms with Crippen molar-refractivity contribution in [3.05, 3.63) is 22.5 Å². The van der Waals surface area contributed by atoms with E-state index in [1.54, 1.807) is 0 Å². The van der Waals surface area contributed by atoms with Gasteiger partial charge in [-0.3, -0.25) is 19.6 Å². The van der Waals surface area contributed by atoms with Gasteiger partial charge < -0.3 is 10.4 Å². The lowest BCUT2D eigenvalue weighted by atomic mass is 10.2. The molecule has 8 heteroatoms. The van der Waals surface area contributed by atoms with Gasteiger partial charge in [0.1, 0.15) is 18.9 Å². The summed E-state index contributed by atoms with van der Waals surface area (Å²) in [6.07, 6.45) is 2.87. The summed E-state index contributed by atoms with van der Waals surface area (Å²) in [6, 6.07) is -0.298. The first-order chi connectivity index (χ1) is 8.06. The Kier molecular flexibility index (Phi) is 4.58. The van der Waals surface area contributed by atoms with E-state index in [4.69, 9.17) is 5.11 Å². The zero-order valence-corrected chi connectivity index (χ0v) is 9.37. The summed E-state index contributed by atoms with van der Waals surface area (Å²) in [5, 5.41) is 25.6. The second kappa shape index (κ2) is 5.94. The highest BCUT2D eigenvalue weighted by molar-refractivity contribution is 5.76. The predicted octanol–water partition coefficient (Wildman–Crippen LogP) is -0.322. The van der Waals surface area contributed by atoms with Gasteiger partial charge in [0.25, 0.3) is 0 Å². The van der Waals surface area contributed by atoms with Gasteiger partial charge >= 0.3 is 5.69 Å². The highest BCUT2D eigenvalue weighted by Gasteiger charge is 2.13. The summed E-state index contributed by atoms with van der Waals surface area (Å²) in [4.78, 5) is 21.3. The maximum Gasteiger partial charge on any atom is 0.307 e. The molecule has 0 fully saturated rings. The van der Waals surface area contributed by atoms with Gasteiger partial charge in [0.15, 0.2) is 0 Å². The largest absolute Gasteiger partial charge is 0.394 e. The van der Waals surface area contributed by atoms with Crippen molar-refractivity contribution in [2.45, 2.75) is 25.9 Å². The van der Waals surface area contributed by atoms with E-state index < -0.39 is 4.92 Å². The highest BCUT2D eigenvalue weighted by atomic mass is 16.6. The number of carbonyl (C=O) groups is 1. The molecule has 1 heterocycles. The van der Waals surface area contributed by atoms with E-state index in [1.165, 1.54) is 10.9 Å². The van der Waals surface area contributed by atoms with E-state index in [0.29, 0.717) is 6.42 Å². The van der Waals surface area contributed by atoms with Crippen molar-refractivity contribution in [3.63, 3.8) is 0 Å². The van der Waals surface area contributed by atoms with E-state index in [0.717, 1.165) is 6.20 Å². The van der Waals surface area contributed by atoms with Crippen molar-refractivity contribution in [2.75, 3.05) is 6.61 Å². The molecule has 8 nitrogen and oxygen atoms in total. The van der Waals surface area contributed by atoms with E-state index in [2.05, 4.69) is 10.4 Å². The molecule has 1 aromatic rings. The molecular weight excluding hydrogens is 228 g/mol. The van der Waals surface area contributed by atoms with Gasteiger partial charge in [0, 0.05) is 0 Å². The van der Waals surface area contributed by atoms with E-state index >= 15 is 0 Å². The maximum absolute atomic E-state index is 11.5. The lowest BCUT2D eigenvalue weighted by molar-refractivity contribution is -0.385. The SMILES string of the molecule is CCC(CO)NC(=O)Cn1cc([N+](=O)[O-])cn1. The van der Waals surface area contributed by atoms with Crippen LogP contribution in [0.25, 0.3) is 0 Å². The molecule has 94 valence electrons. The van der Waals surface area contributed by atoms with Crippen LogP contribution >= 0.6 is 0 Å². The summed E-state index contributed by atoms with van der Waals surface area (Å²) in [6.45, 7) is 1.59. The van der Waals surface area contributed by atoms with Gasteiger partial charge in [-0.1, -0.05) is 6.92 Å². The van der Waals surface area contributed by atoms with Crippen molar-refractivity contribution < 1.29 is 14.8 Å². The minimum atomic E-state index is -0.579. The predicted molar refractivity (Wildman–Crippen MR) is 58.2 cm³/mol. The summed E-state index contributed by atoms with van der Waals surface area (Å²) in [5.41, 5.74) is -0.160. The average Bonchev–Trinajstić information content (AvgIpc) is 2.74. The number of amides is 1. The van der Waals surface area contributed by atoms with Crippen LogP contribution in [0.1, 0.15) is 13.3 Å². The number of aliphatic hydroxyl groups is 1.